The Balaban J connectivity index is 2.22. The van der Waals surface area contributed by atoms with Crippen molar-refractivity contribution in [2.45, 2.75) is 45.1 Å². The van der Waals surface area contributed by atoms with E-state index in [2.05, 4.69) is 43.0 Å². The van der Waals surface area contributed by atoms with E-state index in [1.165, 1.54) is 11.1 Å². The molecule has 118 valence electrons. The van der Waals surface area contributed by atoms with Gasteiger partial charge in [-0.1, -0.05) is 31.2 Å². The molecule has 1 saturated heterocycles. The summed E-state index contributed by atoms with van der Waals surface area (Å²) in [7, 11) is 1.73. The van der Waals surface area contributed by atoms with Crippen molar-refractivity contribution < 1.29 is 9.47 Å². The first-order chi connectivity index (χ1) is 10.2. The molecule has 3 atom stereocenters. The molecular weight excluding hydrogens is 264 g/mol. The van der Waals surface area contributed by atoms with Gasteiger partial charge in [0, 0.05) is 32.3 Å². The Morgan fingerprint density at radius 2 is 2.29 bits per heavy atom. The molecule has 0 aromatic heterocycles. The van der Waals surface area contributed by atoms with Gasteiger partial charge in [0.2, 0.25) is 0 Å². The highest BCUT2D eigenvalue weighted by atomic mass is 16.5. The van der Waals surface area contributed by atoms with E-state index in [1.54, 1.807) is 7.11 Å². The van der Waals surface area contributed by atoms with Crippen LogP contribution in [0.1, 0.15) is 37.4 Å². The van der Waals surface area contributed by atoms with Crippen LogP contribution in [0.15, 0.2) is 24.3 Å². The first-order valence-corrected chi connectivity index (χ1v) is 7.84. The SMILES string of the molecule is CCC1COC(C)CN1C(CN)c1cccc(COC)c1. The third-order valence-electron chi connectivity index (χ3n) is 4.25. The molecule has 2 N–H and O–H groups in total. The fourth-order valence-electron chi connectivity index (χ4n) is 3.12. The van der Waals surface area contributed by atoms with Crippen LogP contribution in [0.3, 0.4) is 0 Å². The Morgan fingerprint density at radius 3 is 2.95 bits per heavy atom. The van der Waals surface area contributed by atoms with E-state index in [9.17, 15) is 0 Å². The lowest BCUT2D eigenvalue weighted by Crippen LogP contribution is -2.51. The molecule has 1 aliphatic rings. The number of hydrogen-bond acceptors (Lipinski definition) is 4. The maximum atomic E-state index is 6.11. The Hall–Kier alpha value is -0.940. The minimum absolute atomic E-state index is 0.248. The van der Waals surface area contributed by atoms with Gasteiger partial charge in [-0.25, -0.2) is 0 Å². The molecule has 0 saturated carbocycles. The van der Waals surface area contributed by atoms with Gasteiger partial charge >= 0.3 is 0 Å². The van der Waals surface area contributed by atoms with Crippen molar-refractivity contribution in [3.8, 4) is 0 Å². The van der Waals surface area contributed by atoms with Crippen LogP contribution in [0.5, 0.6) is 0 Å². The summed E-state index contributed by atoms with van der Waals surface area (Å²) in [6.07, 6.45) is 1.35. The molecule has 1 heterocycles. The zero-order valence-corrected chi connectivity index (χ0v) is 13.4. The van der Waals surface area contributed by atoms with E-state index in [-0.39, 0.29) is 12.1 Å². The Kier molecular flexibility index (Phi) is 6.18. The molecule has 0 radical (unpaired) electrons. The van der Waals surface area contributed by atoms with Crippen molar-refractivity contribution in [2.24, 2.45) is 5.73 Å². The highest BCUT2D eigenvalue weighted by Crippen LogP contribution is 2.27. The lowest BCUT2D eigenvalue weighted by Gasteiger charge is -2.43. The third-order valence-corrected chi connectivity index (χ3v) is 4.25. The summed E-state index contributed by atoms with van der Waals surface area (Å²) in [6.45, 7) is 7.35. The number of rotatable bonds is 6. The minimum Gasteiger partial charge on any atom is -0.380 e. The predicted molar refractivity (Wildman–Crippen MR) is 85.1 cm³/mol. The normalized spacial score (nSPS) is 25.0. The lowest BCUT2D eigenvalue weighted by atomic mass is 9.99. The van der Waals surface area contributed by atoms with Crippen molar-refractivity contribution in [1.82, 2.24) is 4.90 Å². The fourth-order valence-corrected chi connectivity index (χ4v) is 3.12. The fraction of sp³-hybridized carbons (Fsp3) is 0.647. The standard InChI is InChI=1S/C17H28N2O2/c1-4-16-12-21-13(2)10-19(16)17(9-18)15-7-5-6-14(8-15)11-20-3/h5-8,13,16-17H,4,9-12,18H2,1-3H3. The van der Waals surface area contributed by atoms with Gasteiger partial charge in [0.05, 0.1) is 19.3 Å². The summed E-state index contributed by atoms with van der Waals surface area (Å²) in [4.78, 5) is 2.51. The highest BCUT2D eigenvalue weighted by molar-refractivity contribution is 5.26. The molecule has 0 bridgehead atoms. The molecule has 0 amide bonds. The van der Waals surface area contributed by atoms with Gasteiger partial charge in [-0.05, 0) is 24.5 Å². The van der Waals surface area contributed by atoms with Crippen LogP contribution < -0.4 is 5.73 Å². The van der Waals surface area contributed by atoms with E-state index >= 15 is 0 Å². The summed E-state index contributed by atoms with van der Waals surface area (Å²) in [6, 6.07) is 9.27. The van der Waals surface area contributed by atoms with Gasteiger partial charge < -0.3 is 15.2 Å². The van der Waals surface area contributed by atoms with Crippen molar-refractivity contribution in [3.63, 3.8) is 0 Å². The van der Waals surface area contributed by atoms with E-state index in [0.29, 0.717) is 19.2 Å². The van der Waals surface area contributed by atoms with Crippen LogP contribution in [0.25, 0.3) is 0 Å². The molecule has 0 aliphatic carbocycles. The smallest absolute Gasteiger partial charge is 0.0713 e. The van der Waals surface area contributed by atoms with Crippen LogP contribution in [-0.2, 0) is 16.1 Å². The number of morpholine rings is 1. The molecule has 4 nitrogen and oxygen atoms in total. The molecule has 4 heteroatoms. The second-order valence-electron chi connectivity index (χ2n) is 5.83. The summed E-state index contributed by atoms with van der Waals surface area (Å²) in [5, 5.41) is 0. The number of ether oxygens (including phenoxy) is 2. The molecule has 2 rings (SSSR count). The average molecular weight is 292 g/mol. The average Bonchev–Trinajstić information content (AvgIpc) is 2.49. The first kappa shape index (κ1) is 16.4. The second-order valence-corrected chi connectivity index (χ2v) is 5.83. The van der Waals surface area contributed by atoms with Gasteiger partial charge in [0.1, 0.15) is 0 Å². The molecule has 1 fully saturated rings. The Morgan fingerprint density at radius 1 is 1.48 bits per heavy atom. The molecule has 3 unspecified atom stereocenters. The molecule has 21 heavy (non-hydrogen) atoms. The number of nitrogens with zero attached hydrogens (tertiary/aromatic N) is 1. The van der Waals surface area contributed by atoms with E-state index in [0.717, 1.165) is 19.6 Å². The van der Waals surface area contributed by atoms with Gasteiger partial charge in [-0.2, -0.15) is 0 Å². The number of benzene rings is 1. The summed E-state index contributed by atoms with van der Waals surface area (Å²) < 4.78 is 11.0. The lowest BCUT2D eigenvalue weighted by molar-refractivity contribution is -0.0719. The van der Waals surface area contributed by atoms with Crippen molar-refractivity contribution in [3.05, 3.63) is 35.4 Å². The van der Waals surface area contributed by atoms with Crippen LogP contribution in [0.4, 0.5) is 0 Å². The van der Waals surface area contributed by atoms with Gasteiger partial charge in [-0.3, -0.25) is 4.90 Å². The van der Waals surface area contributed by atoms with Gasteiger partial charge in [0.25, 0.3) is 0 Å². The zero-order valence-electron chi connectivity index (χ0n) is 13.4. The summed E-state index contributed by atoms with van der Waals surface area (Å²) in [5.74, 6) is 0. The maximum absolute atomic E-state index is 6.11. The summed E-state index contributed by atoms with van der Waals surface area (Å²) >= 11 is 0. The minimum atomic E-state index is 0.248. The molecule has 1 aliphatic heterocycles. The van der Waals surface area contributed by atoms with Crippen molar-refractivity contribution >= 4 is 0 Å². The van der Waals surface area contributed by atoms with Crippen LogP contribution in [-0.4, -0.2) is 43.9 Å². The second kappa shape index (κ2) is 7.90. The molecule has 1 aromatic rings. The highest BCUT2D eigenvalue weighted by Gasteiger charge is 2.31. The van der Waals surface area contributed by atoms with Crippen LogP contribution in [0.2, 0.25) is 0 Å². The Labute approximate surface area is 128 Å². The molecule has 0 spiro atoms. The molecular formula is C17H28N2O2. The quantitative estimate of drug-likeness (QED) is 0.874. The van der Waals surface area contributed by atoms with Crippen LogP contribution >= 0.6 is 0 Å². The van der Waals surface area contributed by atoms with E-state index in [1.807, 2.05) is 0 Å². The van der Waals surface area contributed by atoms with Crippen molar-refractivity contribution in [2.75, 3.05) is 26.8 Å². The zero-order chi connectivity index (χ0) is 15.2. The van der Waals surface area contributed by atoms with Gasteiger partial charge in [-0.15, -0.1) is 0 Å². The van der Waals surface area contributed by atoms with E-state index in [4.69, 9.17) is 15.2 Å². The van der Waals surface area contributed by atoms with Crippen molar-refractivity contribution in [1.29, 1.82) is 0 Å². The van der Waals surface area contributed by atoms with Gasteiger partial charge in [0.15, 0.2) is 0 Å². The topological polar surface area (TPSA) is 47.7 Å². The maximum Gasteiger partial charge on any atom is 0.0713 e. The predicted octanol–water partition coefficient (Wildman–Crippen LogP) is 2.33. The largest absolute Gasteiger partial charge is 0.380 e. The number of nitrogens with two attached hydrogens (primary N) is 1. The summed E-state index contributed by atoms with van der Waals surface area (Å²) in [5.41, 5.74) is 8.58. The number of methoxy groups -OCH3 is 1. The Bertz CT molecular complexity index is 439. The molecule has 1 aromatic carbocycles. The third kappa shape index (κ3) is 4.04. The number of hydrogen-bond donors (Lipinski definition) is 1. The first-order valence-electron chi connectivity index (χ1n) is 7.84. The van der Waals surface area contributed by atoms with E-state index < -0.39 is 0 Å². The monoisotopic (exact) mass is 292 g/mol. The van der Waals surface area contributed by atoms with Crippen LogP contribution in [0, 0.1) is 0 Å².